The molecule has 0 atom stereocenters. The van der Waals surface area contributed by atoms with Crippen LogP contribution in [-0.2, 0) is 16.9 Å². The lowest BCUT2D eigenvalue weighted by molar-refractivity contribution is 0.269. The van der Waals surface area contributed by atoms with E-state index in [0.717, 1.165) is 0 Å². The Morgan fingerprint density at radius 2 is 1.92 bits per heavy atom. The highest BCUT2D eigenvalue weighted by Gasteiger charge is 1.84. The minimum Gasteiger partial charge on any atom is -0.394 e. The molecule has 1 rings (SSSR count). The molecule has 0 aliphatic carbocycles. The molecular formula is C5H10N2O5S. The van der Waals surface area contributed by atoms with E-state index in [0.29, 0.717) is 6.54 Å². The van der Waals surface area contributed by atoms with Crippen LogP contribution in [-0.4, -0.2) is 39.0 Å². The van der Waals surface area contributed by atoms with Crippen LogP contribution in [0.15, 0.2) is 18.5 Å². The largest absolute Gasteiger partial charge is 0.394 e. The van der Waals surface area contributed by atoms with Gasteiger partial charge in [-0.05, 0) is 6.07 Å². The Bertz CT molecular complexity index is 298. The maximum atomic E-state index is 8.74. The lowest BCUT2D eigenvalue weighted by atomic mass is 10.7. The molecule has 0 saturated heterocycles. The quantitative estimate of drug-likeness (QED) is 0.552. The summed E-state index contributed by atoms with van der Waals surface area (Å²) in [5.74, 6) is 0. The minimum absolute atomic E-state index is 0.154. The molecule has 0 amide bonds. The number of aliphatic hydroxyl groups is 1. The van der Waals surface area contributed by atoms with Crippen molar-refractivity contribution in [2.75, 3.05) is 6.61 Å². The van der Waals surface area contributed by atoms with Crippen LogP contribution < -0.4 is 0 Å². The Morgan fingerprint density at radius 3 is 2.23 bits per heavy atom. The Balaban J connectivity index is 0.000000252. The van der Waals surface area contributed by atoms with Crippen molar-refractivity contribution in [3.05, 3.63) is 18.5 Å². The molecule has 0 fully saturated rings. The van der Waals surface area contributed by atoms with E-state index in [1.165, 1.54) is 0 Å². The molecule has 1 heterocycles. The Morgan fingerprint density at radius 1 is 1.38 bits per heavy atom. The molecule has 0 unspecified atom stereocenters. The first-order valence-electron chi connectivity index (χ1n) is 3.21. The molecule has 0 aliphatic rings. The van der Waals surface area contributed by atoms with Crippen molar-refractivity contribution in [3.63, 3.8) is 0 Å². The zero-order valence-corrected chi connectivity index (χ0v) is 7.42. The minimum atomic E-state index is -4.67. The van der Waals surface area contributed by atoms with Gasteiger partial charge in [0.15, 0.2) is 0 Å². The monoisotopic (exact) mass is 210 g/mol. The molecule has 0 radical (unpaired) electrons. The Kier molecular flexibility index (Phi) is 5.23. The van der Waals surface area contributed by atoms with E-state index in [1.54, 1.807) is 10.9 Å². The predicted molar refractivity (Wildman–Crippen MR) is 43.5 cm³/mol. The number of aliphatic hydroxyl groups excluding tert-OH is 1. The molecule has 13 heavy (non-hydrogen) atoms. The van der Waals surface area contributed by atoms with Crippen molar-refractivity contribution in [3.8, 4) is 0 Å². The number of hydrogen-bond acceptors (Lipinski definition) is 4. The molecule has 1 aromatic heterocycles. The van der Waals surface area contributed by atoms with Gasteiger partial charge in [0.2, 0.25) is 0 Å². The van der Waals surface area contributed by atoms with Gasteiger partial charge in [-0.15, -0.1) is 0 Å². The van der Waals surface area contributed by atoms with Crippen molar-refractivity contribution >= 4 is 10.4 Å². The first-order chi connectivity index (χ1) is 5.93. The van der Waals surface area contributed by atoms with Crippen LogP contribution in [0.25, 0.3) is 0 Å². The third kappa shape index (κ3) is 11.0. The molecule has 8 heteroatoms. The van der Waals surface area contributed by atoms with Crippen LogP contribution in [0.5, 0.6) is 0 Å². The summed E-state index contributed by atoms with van der Waals surface area (Å²) in [6.45, 7) is 0.745. The molecular weight excluding hydrogens is 200 g/mol. The average molecular weight is 210 g/mol. The van der Waals surface area contributed by atoms with Gasteiger partial charge >= 0.3 is 10.4 Å². The topological polar surface area (TPSA) is 113 Å². The van der Waals surface area contributed by atoms with Gasteiger partial charge in [-0.3, -0.25) is 13.8 Å². The molecule has 0 spiro atoms. The third-order valence-electron chi connectivity index (χ3n) is 0.888. The van der Waals surface area contributed by atoms with E-state index < -0.39 is 10.4 Å². The van der Waals surface area contributed by atoms with Gasteiger partial charge in [0.05, 0.1) is 13.2 Å². The van der Waals surface area contributed by atoms with Crippen molar-refractivity contribution < 1.29 is 22.6 Å². The van der Waals surface area contributed by atoms with Crippen LogP contribution in [0, 0.1) is 0 Å². The number of hydrogen-bond donors (Lipinski definition) is 3. The van der Waals surface area contributed by atoms with E-state index >= 15 is 0 Å². The molecule has 7 nitrogen and oxygen atoms in total. The van der Waals surface area contributed by atoms with Gasteiger partial charge in [-0.1, -0.05) is 0 Å². The van der Waals surface area contributed by atoms with Crippen molar-refractivity contribution in [1.29, 1.82) is 0 Å². The highest BCUT2D eigenvalue weighted by atomic mass is 32.3. The van der Waals surface area contributed by atoms with Crippen molar-refractivity contribution in [2.45, 2.75) is 6.54 Å². The first kappa shape index (κ1) is 12.0. The van der Waals surface area contributed by atoms with E-state index in [2.05, 4.69) is 5.10 Å². The zero-order chi connectivity index (χ0) is 10.3. The predicted octanol–water partition coefficient (Wildman–Crippen LogP) is -0.777. The Labute approximate surface area is 75.2 Å². The van der Waals surface area contributed by atoms with Gasteiger partial charge in [-0.2, -0.15) is 13.5 Å². The van der Waals surface area contributed by atoms with E-state index in [-0.39, 0.29) is 6.61 Å². The van der Waals surface area contributed by atoms with Gasteiger partial charge < -0.3 is 5.11 Å². The summed E-state index contributed by atoms with van der Waals surface area (Å²) in [7, 11) is -4.67. The second kappa shape index (κ2) is 5.65. The second-order valence-corrected chi connectivity index (χ2v) is 2.84. The maximum Gasteiger partial charge on any atom is 0.394 e. The summed E-state index contributed by atoms with van der Waals surface area (Å²) in [5.41, 5.74) is 0. The molecule has 0 saturated carbocycles. The van der Waals surface area contributed by atoms with Crippen molar-refractivity contribution in [1.82, 2.24) is 9.78 Å². The number of nitrogens with zero attached hydrogens (tertiary/aromatic N) is 2. The highest BCUT2D eigenvalue weighted by Crippen LogP contribution is 1.80. The molecule has 76 valence electrons. The van der Waals surface area contributed by atoms with Crippen LogP contribution in [0.3, 0.4) is 0 Å². The Hall–Kier alpha value is -0.960. The molecule has 0 aliphatic heterocycles. The summed E-state index contributed by atoms with van der Waals surface area (Å²) in [6, 6.07) is 1.83. The molecule has 0 bridgehead atoms. The number of rotatable bonds is 2. The van der Waals surface area contributed by atoms with Crippen LogP contribution >= 0.6 is 0 Å². The average Bonchev–Trinajstić information content (AvgIpc) is 2.36. The van der Waals surface area contributed by atoms with E-state index in [9.17, 15) is 0 Å². The number of aromatic nitrogens is 2. The van der Waals surface area contributed by atoms with E-state index in [4.69, 9.17) is 22.6 Å². The summed E-state index contributed by atoms with van der Waals surface area (Å²) >= 11 is 0. The molecule has 0 aromatic carbocycles. The fourth-order valence-corrected chi connectivity index (χ4v) is 0.535. The molecule has 1 aromatic rings. The maximum absolute atomic E-state index is 8.74. The van der Waals surface area contributed by atoms with E-state index in [1.807, 2.05) is 12.3 Å². The SMILES string of the molecule is O=S(=O)(O)O.OCCn1cccn1. The van der Waals surface area contributed by atoms with Gasteiger partial charge in [0.25, 0.3) is 0 Å². The lowest BCUT2D eigenvalue weighted by Crippen LogP contribution is -2.01. The normalized spacial score (nSPS) is 10.4. The van der Waals surface area contributed by atoms with Crippen molar-refractivity contribution in [2.24, 2.45) is 0 Å². The second-order valence-electron chi connectivity index (χ2n) is 1.94. The smallest absolute Gasteiger partial charge is 0.394 e. The first-order valence-corrected chi connectivity index (χ1v) is 4.61. The fraction of sp³-hybridized carbons (Fsp3) is 0.400. The fourth-order valence-electron chi connectivity index (χ4n) is 0.535. The third-order valence-corrected chi connectivity index (χ3v) is 0.888. The summed E-state index contributed by atoms with van der Waals surface area (Å²) in [5, 5.41) is 12.2. The van der Waals surface area contributed by atoms with Gasteiger partial charge in [0.1, 0.15) is 0 Å². The highest BCUT2D eigenvalue weighted by molar-refractivity contribution is 7.79. The van der Waals surface area contributed by atoms with Gasteiger partial charge in [-0.25, -0.2) is 0 Å². The standard InChI is InChI=1S/C5H8N2O.H2O4S/c8-5-4-7-3-1-2-6-7;1-5(2,3)4/h1-3,8H,4-5H2;(H2,1,2,3,4). The molecule has 3 N–H and O–H groups in total. The summed E-state index contributed by atoms with van der Waals surface area (Å²) < 4.78 is 33.3. The summed E-state index contributed by atoms with van der Waals surface area (Å²) in [6.07, 6.45) is 3.51. The van der Waals surface area contributed by atoms with Crippen LogP contribution in [0.1, 0.15) is 0 Å². The lowest BCUT2D eigenvalue weighted by Gasteiger charge is -1.92. The zero-order valence-electron chi connectivity index (χ0n) is 6.61. The van der Waals surface area contributed by atoms with Crippen LogP contribution in [0.2, 0.25) is 0 Å². The van der Waals surface area contributed by atoms with Gasteiger partial charge in [0, 0.05) is 12.4 Å². The summed E-state index contributed by atoms with van der Waals surface area (Å²) in [4.78, 5) is 0. The van der Waals surface area contributed by atoms with Crippen LogP contribution in [0.4, 0.5) is 0 Å².